The molecular formula is C14H18FNO3. The van der Waals surface area contributed by atoms with Gasteiger partial charge in [-0.25, -0.2) is 9.18 Å². The minimum atomic E-state index is -1.11. The molecule has 0 fully saturated rings. The Kier molecular flexibility index (Phi) is 4.64. The van der Waals surface area contributed by atoms with Gasteiger partial charge in [0.1, 0.15) is 12.1 Å². The summed E-state index contributed by atoms with van der Waals surface area (Å²) in [4.78, 5) is 23.5. The van der Waals surface area contributed by atoms with Crippen LogP contribution in [0.5, 0.6) is 0 Å². The lowest BCUT2D eigenvalue weighted by Gasteiger charge is -2.39. The fourth-order valence-electron chi connectivity index (χ4n) is 2.05. The normalized spacial score (nSPS) is 12.8. The van der Waals surface area contributed by atoms with Crippen LogP contribution in [0.1, 0.15) is 38.8 Å². The maximum absolute atomic E-state index is 12.9. The minimum absolute atomic E-state index is 0.0369. The lowest BCUT2D eigenvalue weighted by Crippen LogP contribution is -2.47. The average molecular weight is 267 g/mol. The van der Waals surface area contributed by atoms with Gasteiger partial charge in [-0.3, -0.25) is 4.90 Å². The number of carbonyl (C=O) groups is 2. The van der Waals surface area contributed by atoms with E-state index in [0.29, 0.717) is 11.8 Å². The zero-order chi connectivity index (χ0) is 14.6. The molecule has 0 spiro atoms. The SMILES string of the molecule is CC(C)(C)N(C(=O)O)[C@@H](CC=O)c1ccc(F)cc1. The fraction of sp³-hybridized carbons (Fsp3) is 0.429. The molecule has 1 amide bonds. The van der Waals surface area contributed by atoms with Gasteiger partial charge in [0, 0.05) is 12.0 Å². The van der Waals surface area contributed by atoms with E-state index in [9.17, 15) is 19.1 Å². The number of halogens is 1. The van der Waals surface area contributed by atoms with Crippen molar-refractivity contribution in [3.05, 3.63) is 35.6 Å². The number of hydrogen-bond donors (Lipinski definition) is 1. The van der Waals surface area contributed by atoms with E-state index in [1.165, 1.54) is 29.2 Å². The van der Waals surface area contributed by atoms with Crippen LogP contribution < -0.4 is 0 Å². The first-order valence-corrected chi connectivity index (χ1v) is 5.98. The van der Waals surface area contributed by atoms with Crippen molar-refractivity contribution in [2.45, 2.75) is 38.8 Å². The van der Waals surface area contributed by atoms with E-state index in [0.717, 1.165) is 0 Å². The number of rotatable bonds is 4. The molecule has 0 unspecified atom stereocenters. The number of benzene rings is 1. The molecule has 5 heteroatoms. The molecule has 1 aromatic carbocycles. The van der Waals surface area contributed by atoms with Crippen molar-refractivity contribution in [2.75, 3.05) is 0 Å². The predicted octanol–water partition coefficient (Wildman–Crippen LogP) is 3.23. The van der Waals surface area contributed by atoms with E-state index < -0.39 is 23.5 Å². The van der Waals surface area contributed by atoms with E-state index in [-0.39, 0.29) is 6.42 Å². The molecule has 0 heterocycles. The van der Waals surface area contributed by atoms with Crippen molar-refractivity contribution in [3.63, 3.8) is 0 Å². The molecule has 0 aromatic heterocycles. The van der Waals surface area contributed by atoms with Gasteiger partial charge >= 0.3 is 6.09 Å². The van der Waals surface area contributed by atoms with Gasteiger partial charge in [0.2, 0.25) is 0 Å². The number of nitrogens with zero attached hydrogens (tertiary/aromatic N) is 1. The molecule has 4 nitrogen and oxygen atoms in total. The highest BCUT2D eigenvalue weighted by Crippen LogP contribution is 2.30. The maximum atomic E-state index is 12.9. The van der Waals surface area contributed by atoms with Gasteiger partial charge in [-0.1, -0.05) is 12.1 Å². The lowest BCUT2D eigenvalue weighted by atomic mass is 9.96. The van der Waals surface area contributed by atoms with Crippen molar-refractivity contribution < 1.29 is 19.1 Å². The summed E-state index contributed by atoms with van der Waals surface area (Å²) in [6, 6.07) is 4.91. The van der Waals surface area contributed by atoms with Gasteiger partial charge in [-0.2, -0.15) is 0 Å². The Labute approximate surface area is 111 Å². The van der Waals surface area contributed by atoms with Crippen LogP contribution in [0.4, 0.5) is 9.18 Å². The summed E-state index contributed by atoms with van der Waals surface area (Å²) >= 11 is 0. The zero-order valence-corrected chi connectivity index (χ0v) is 11.3. The van der Waals surface area contributed by atoms with E-state index in [2.05, 4.69) is 0 Å². The Morgan fingerprint density at radius 1 is 1.37 bits per heavy atom. The number of carbonyl (C=O) groups excluding carboxylic acids is 1. The summed E-state index contributed by atoms with van der Waals surface area (Å²) in [7, 11) is 0. The van der Waals surface area contributed by atoms with Crippen LogP contribution in [0.15, 0.2) is 24.3 Å². The van der Waals surface area contributed by atoms with Gasteiger partial charge < -0.3 is 9.90 Å². The second-order valence-electron chi connectivity index (χ2n) is 5.29. The highest BCUT2D eigenvalue weighted by Gasteiger charge is 2.33. The Morgan fingerprint density at radius 2 is 1.89 bits per heavy atom. The summed E-state index contributed by atoms with van der Waals surface area (Å²) in [6.45, 7) is 5.26. The topological polar surface area (TPSA) is 57.6 Å². The molecule has 104 valence electrons. The number of aldehydes is 1. The van der Waals surface area contributed by atoms with Crippen LogP contribution in [0.25, 0.3) is 0 Å². The van der Waals surface area contributed by atoms with Gasteiger partial charge in [0.15, 0.2) is 0 Å². The predicted molar refractivity (Wildman–Crippen MR) is 69.4 cm³/mol. The standard InChI is InChI=1S/C14H18FNO3/c1-14(2,3)16(13(18)19)12(8-9-17)10-4-6-11(15)7-5-10/h4-7,9,12H,8H2,1-3H3,(H,18,19)/t12-/m0/s1. The Morgan fingerprint density at radius 3 is 2.26 bits per heavy atom. The van der Waals surface area contributed by atoms with Crippen LogP contribution >= 0.6 is 0 Å². The van der Waals surface area contributed by atoms with Crippen LogP contribution in [0.2, 0.25) is 0 Å². The first-order valence-electron chi connectivity index (χ1n) is 5.98. The number of amides is 1. The van der Waals surface area contributed by atoms with Gasteiger partial charge in [0.25, 0.3) is 0 Å². The molecule has 1 N–H and O–H groups in total. The molecule has 0 radical (unpaired) electrons. The fourth-order valence-corrected chi connectivity index (χ4v) is 2.05. The Bertz CT molecular complexity index is 451. The molecule has 1 rings (SSSR count). The molecule has 19 heavy (non-hydrogen) atoms. The molecule has 0 bridgehead atoms. The molecule has 0 saturated carbocycles. The second kappa shape index (κ2) is 5.82. The van der Waals surface area contributed by atoms with Crippen LogP contribution in [0.3, 0.4) is 0 Å². The van der Waals surface area contributed by atoms with E-state index in [4.69, 9.17) is 0 Å². The maximum Gasteiger partial charge on any atom is 0.408 e. The summed E-state index contributed by atoms with van der Waals surface area (Å²) < 4.78 is 12.9. The lowest BCUT2D eigenvalue weighted by molar-refractivity contribution is -0.109. The summed E-state index contributed by atoms with van der Waals surface area (Å²) in [5.74, 6) is -0.397. The molecule has 0 aliphatic carbocycles. The first kappa shape index (κ1) is 15.1. The highest BCUT2D eigenvalue weighted by atomic mass is 19.1. The number of hydrogen-bond acceptors (Lipinski definition) is 2. The average Bonchev–Trinajstić information content (AvgIpc) is 2.27. The molecule has 1 atom stereocenters. The first-order chi connectivity index (χ1) is 8.77. The third-order valence-corrected chi connectivity index (χ3v) is 2.81. The van der Waals surface area contributed by atoms with E-state index in [1.807, 2.05) is 0 Å². The summed E-state index contributed by atoms with van der Waals surface area (Å²) in [5, 5.41) is 9.36. The highest BCUT2D eigenvalue weighted by molar-refractivity contribution is 5.68. The largest absolute Gasteiger partial charge is 0.465 e. The zero-order valence-electron chi connectivity index (χ0n) is 11.3. The molecule has 0 saturated heterocycles. The van der Waals surface area contributed by atoms with Crippen molar-refractivity contribution in [1.82, 2.24) is 4.90 Å². The summed E-state index contributed by atoms with van der Waals surface area (Å²) in [6.07, 6.45) is -0.395. The third kappa shape index (κ3) is 3.77. The van der Waals surface area contributed by atoms with Crippen LogP contribution in [0, 0.1) is 5.82 Å². The second-order valence-corrected chi connectivity index (χ2v) is 5.29. The Hall–Kier alpha value is -1.91. The monoisotopic (exact) mass is 267 g/mol. The minimum Gasteiger partial charge on any atom is -0.465 e. The van der Waals surface area contributed by atoms with E-state index >= 15 is 0 Å². The molecular weight excluding hydrogens is 249 g/mol. The van der Waals surface area contributed by atoms with Crippen molar-refractivity contribution >= 4 is 12.4 Å². The smallest absolute Gasteiger partial charge is 0.408 e. The van der Waals surface area contributed by atoms with Gasteiger partial charge in [-0.15, -0.1) is 0 Å². The molecule has 1 aromatic rings. The Balaban J connectivity index is 3.21. The van der Waals surface area contributed by atoms with Gasteiger partial charge in [-0.05, 0) is 38.5 Å². The summed E-state index contributed by atoms with van der Waals surface area (Å²) in [5.41, 5.74) is -0.0562. The van der Waals surface area contributed by atoms with Crippen molar-refractivity contribution in [3.8, 4) is 0 Å². The van der Waals surface area contributed by atoms with Crippen LogP contribution in [-0.4, -0.2) is 27.9 Å². The van der Waals surface area contributed by atoms with Crippen molar-refractivity contribution in [2.24, 2.45) is 0 Å². The molecule has 0 aliphatic heterocycles. The molecule has 0 aliphatic rings. The van der Waals surface area contributed by atoms with Crippen LogP contribution in [-0.2, 0) is 4.79 Å². The third-order valence-electron chi connectivity index (χ3n) is 2.81. The quantitative estimate of drug-likeness (QED) is 0.852. The van der Waals surface area contributed by atoms with E-state index in [1.54, 1.807) is 20.8 Å². The van der Waals surface area contributed by atoms with Crippen molar-refractivity contribution in [1.29, 1.82) is 0 Å². The van der Waals surface area contributed by atoms with Gasteiger partial charge in [0.05, 0.1) is 6.04 Å². The number of carboxylic acid groups (broad SMARTS) is 1.